The van der Waals surface area contributed by atoms with Crippen molar-refractivity contribution in [3.63, 3.8) is 0 Å². The van der Waals surface area contributed by atoms with Crippen LogP contribution >= 0.6 is 15.9 Å². The van der Waals surface area contributed by atoms with Gasteiger partial charge in [-0.25, -0.2) is 9.48 Å². The van der Waals surface area contributed by atoms with E-state index in [0.717, 1.165) is 15.7 Å². The minimum Gasteiger partial charge on any atom is -0.476 e. The molecule has 0 aliphatic carbocycles. The molecule has 1 N–H and O–H groups in total. The quantitative estimate of drug-likeness (QED) is 0.912. The monoisotopic (exact) mass is 337 g/mol. The molecule has 0 aliphatic rings. The molecule has 106 valence electrons. The number of carboxylic acids is 1. The van der Waals surface area contributed by atoms with E-state index in [0.29, 0.717) is 5.69 Å². The third-order valence-corrected chi connectivity index (χ3v) is 3.46. The molecule has 1 heterocycles. The van der Waals surface area contributed by atoms with E-state index in [4.69, 9.17) is 0 Å². The number of carboxylic acid groups (broad SMARTS) is 1. The number of rotatable bonds is 2. The van der Waals surface area contributed by atoms with E-state index >= 15 is 0 Å². The van der Waals surface area contributed by atoms with Crippen molar-refractivity contribution in [2.24, 2.45) is 0 Å². The van der Waals surface area contributed by atoms with Crippen LogP contribution < -0.4 is 0 Å². The number of aryl methyl sites for hydroxylation is 1. The van der Waals surface area contributed by atoms with Crippen LogP contribution in [0, 0.1) is 6.92 Å². The molecule has 5 nitrogen and oxygen atoms in total. The molecule has 0 saturated heterocycles. The van der Waals surface area contributed by atoms with Crippen LogP contribution in [0.15, 0.2) is 22.7 Å². The number of nitrogens with zero attached hydrogens (tertiary/aromatic N) is 3. The van der Waals surface area contributed by atoms with Crippen molar-refractivity contribution in [2.75, 3.05) is 0 Å². The summed E-state index contributed by atoms with van der Waals surface area (Å²) in [5.74, 6) is -1.06. The predicted octanol–water partition coefficient (Wildman–Crippen LogP) is 3.33. The van der Waals surface area contributed by atoms with Crippen molar-refractivity contribution < 1.29 is 9.90 Å². The molecule has 0 fully saturated rings. The predicted molar refractivity (Wildman–Crippen MR) is 79.5 cm³/mol. The lowest BCUT2D eigenvalue weighted by molar-refractivity contribution is 0.0687. The normalized spacial score (nSPS) is 11.7. The lowest BCUT2D eigenvalue weighted by Gasteiger charge is -2.21. The molecule has 2 aromatic rings. The standard InChI is InChI=1S/C14H16BrN3O2/c1-8-7-9(15)5-6-10(8)18-12(14(2,3)4)11(13(19)20)16-17-18/h5-7H,1-4H3,(H,19,20). The molecule has 6 heteroatoms. The van der Waals surface area contributed by atoms with Gasteiger partial charge in [-0.2, -0.15) is 0 Å². The van der Waals surface area contributed by atoms with Crippen molar-refractivity contribution in [2.45, 2.75) is 33.1 Å². The summed E-state index contributed by atoms with van der Waals surface area (Å²) in [5.41, 5.74) is 2.04. The first kappa shape index (κ1) is 14.7. The van der Waals surface area contributed by atoms with Gasteiger partial charge in [0.2, 0.25) is 0 Å². The molecule has 0 aliphatic heterocycles. The Bertz CT molecular complexity index is 672. The molecule has 1 aromatic heterocycles. The fourth-order valence-corrected chi connectivity index (χ4v) is 2.60. The Morgan fingerprint density at radius 2 is 2.00 bits per heavy atom. The third-order valence-electron chi connectivity index (χ3n) is 2.97. The van der Waals surface area contributed by atoms with Gasteiger partial charge in [0.15, 0.2) is 5.69 Å². The SMILES string of the molecule is Cc1cc(Br)ccc1-n1nnc(C(=O)O)c1C(C)(C)C. The first-order valence-corrected chi connectivity index (χ1v) is 6.97. The Morgan fingerprint density at radius 3 is 2.50 bits per heavy atom. The zero-order valence-corrected chi connectivity index (χ0v) is 13.4. The Morgan fingerprint density at radius 1 is 1.35 bits per heavy atom. The number of hydrogen-bond donors (Lipinski definition) is 1. The van der Waals surface area contributed by atoms with Crippen LogP contribution in [0.2, 0.25) is 0 Å². The van der Waals surface area contributed by atoms with Crippen molar-refractivity contribution in [1.82, 2.24) is 15.0 Å². The van der Waals surface area contributed by atoms with Gasteiger partial charge in [0, 0.05) is 9.89 Å². The average Bonchev–Trinajstić information content (AvgIpc) is 2.73. The molecule has 1 aromatic carbocycles. The highest BCUT2D eigenvalue weighted by Crippen LogP contribution is 2.29. The van der Waals surface area contributed by atoms with E-state index in [1.807, 2.05) is 45.9 Å². The largest absolute Gasteiger partial charge is 0.476 e. The molecule has 0 amide bonds. The van der Waals surface area contributed by atoms with Crippen molar-refractivity contribution >= 4 is 21.9 Å². The Kier molecular flexibility index (Phi) is 3.69. The van der Waals surface area contributed by atoms with Gasteiger partial charge in [0.25, 0.3) is 0 Å². The van der Waals surface area contributed by atoms with E-state index in [1.165, 1.54) is 0 Å². The van der Waals surface area contributed by atoms with Gasteiger partial charge in [-0.15, -0.1) is 5.10 Å². The summed E-state index contributed by atoms with van der Waals surface area (Å²) in [6.07, 6.45) is 0. The molecule has 20 heavy (non-hydrogen) atoms. The molecule has 2 rings (SSSR count). The zero-order chi connectivity index (χ0) is 15.1. The maximum absolute atomic E-state index is 11.3. The summed E-state index contributed by atoms with van der Waals surface area (Å²) in [4.78, 5) is 11.3. The van der Waals surface area contributed by atoms with Crippen LogP contribution in [-0.4, -0.2) is 26.1 Å². The summed E-state index contributed by atoms with van der Waals surface area (Å²) < 4.78 is 2.58. The molecule has 0 saturated carbocycles. The summed E-state index contributed by atoms with van der Waals surface area (Å²) in [5, 5.41) is 17.1. The molecule has 0 unspecified atom stereocenters. The summed E-state index contributed by atoms with van der Waals surface area (Å²) in [6, 6.07) is 5.76. The second-order valence-electron chi connectivity index (χ2n) is 5.68. The minimum absolute atomic E-state index is 0.000168. The number of carbonyl (C=O) groups is 1. The Hall–Kier alpha value is -1.69. The number of hydrogen-bond acceptors (Lipinski definition) is 3. The van der Waals surface area contributed by atoms with E-state index in [9.17, 15) is 9.90 Å². The lowest BCUT2D eigenvalue weighted by Crippen LogP contribution is -2.21. The Labute approximate surface area is 125 Å². The lowest BCUT2D eigenvalue weighted by atomic mass is 9.90. The van der Waals surface area contributed by atoms with Crippen LogP contribution in [-0.2, 0) is 5.41 Å². The fourth-order valence-electron chi connectivity index (χ4n) is 2.12. The maximum Gasteiger partial charge on any atom is 0.358 e. The number of aromatic carboxylic acids is 1. The minimum atomic E-state index is -1.06. The van der Waals surface area contributed by atoms with Gasteiger partial charge in [-0.05, 0) is 30.7 Å². The van der Waals surface area contributed by atoms with Gasteiger partial charge in [0.1, 0.15) is 0 Å². The van der Waals surface area contributed by atoms with Gasteiger partial charge < -0.3 is 5.11 Å². The van der Waals surface area contributed by atoms with Gasteiger partial charge in [-0.3, -0.25) is 0 Å². The third kappa shape index (κ3) is 2.60. The number of benzene rings is 1. The highest BCUT2D eigenvalue weighted by Gasteiger charge is 2.29. The first-order chi connectivity index (χ1) is 9.21. The van der Waals surface area contributed by atoms with Crippen LogP contribution in [0.5, 0.6) is 0 Å². The van der Waals surface area contributed by atoms with Gasteiger partial charge in [0.05, 0.1) is 11.4 Å². The first-order valence-electron chi connectivity index (χ1n) is 6.18. The smallest absolute Gasteiger partial charge is 0.358 e. The molecule has 0 radical (unpaired) electrons. The molecule has 0 bridgehead atoms. The average molecular weight is 338 g/mol. The van der Waals surface area contributed by atoms with Crippen molar-refractivity contribution in [1.29, 1.82) is 0 Å². The summed E-state index contributed by atoms with van der Waals surface area (Å²) in [6.45, 7) is 7.79. The van der Waals surface area contributed by atoms with E-state index < -0.39 is 5.97 Å². The van der Waals surface area contributed by atoms with Crippen LogP contribution in [0.1, 0.15) is 42.5 Å². The molecular formula is C14H16BrN3O2. The highest BCUT2D eigenvalue weighted by atomic mass is 79.9. The number of halogens is 1. The van der Waals surface area contributed by atoms with E-state index in [2.05, 4.69) is 26.2 Å². The van der Waals surface area contributed by atoms with E-state index in [-0.39, 0.29) is 11.1 Å². The van der Waals surface area contributed by atoms with Crippen LogP contribution in [0.3, 0.4) is 0 Å². The zero-order valence-electron chi connectivity index (χ0n) is 11.8. The Balaban J connectivity index is 2.72. The van der Waals surface area contributed by atoms with Crippen LogP contribution in [0.4, 0.5) is 0 Å². The highest BCUT2D eigenvalue weighted by molar-refractivity contribution is 9.10. The topological polar surface area (TPSA) is 68.0 Å². The van der Waals surface area contributed by atoms with Gasteiger partial charge in [-0.1, -0.05) is 41.9 Å². The summed E-state index contributed by atoms with van der Waals surface area (Å²) in [7, 11) is 0. The van der Waals surface area contributed by atoms with E-state index in [1.54, 1.807) is 4.68 Å². The fraction of sp³-hybridized carbons (Fsp3) is 0.357. The van der Waals surface area contributed by atoms with Crippen LogP contribution in [0.25, 0.3) is 5.69 Å². The van der Waals surface area contributed by atoms with Crippen molar-refractivity contribution in [3.8, 4) is 5.69 Å². The molecule has 0 atom stereocenters. The number of aromatic nitrogens is 3. The van der Waals surface area contributed by atoms with Crippen molar-refractivity contribution in [3.05, 3.63) is 39.6 Å². The second-order valence-corrected chi connectivity index (χ2v) is 6.60. The second kappa shape index (κ2) is 5.01. The molecular weight excluding hydrogens is 322 g/mol. The summed E-state index contributed by atoms with van der Waals surface area (Å²) >= 11 is 3.42. The molecule has 0 spiro atoms. The van der Waals surface area contributed by atoms with Gasteiger partial charge >= 0.3 is 5.97 Å². The maximum atomic E-state index is 11.3.